The molecule has 0 bridgehead atoms. The summed E-state index contributed by atoms with van der Waals surface area (Å²) in [5, 5.41) is 10.2. The highest BCUT2D eigenvalue weighted by atomic mass is 31.2. The molecule has 3 fully saturated rings. The zero-order valence-corrected chi connectivity index (χ0v) is 39.0. The summed E-state index contributed by atoms with van der Waals surface area (Å²) in [5.74, 6) is 3.37. The van der Waals surface area contributed by atoms with Crippen molar-refractivity contribution in [1.29, 1.82) is 0 Å². The molecule has 0 heterocycles. The number of fused-ring (bicyclic) bond motifs is 5. The fourth-order valence-electron chi connectivity index (χ4n) is 12.6. The molecule has 8 nitrogen and oxygen atoms in total. The number of phosphoric acid groups is 1. The largest absolute Gasteiger partial charge is 0.479 e. The third kappa shape index (κ3) is 15.0. The van der Waals surface area contributed by atoms with Crippen LogP contribution >= 0.6 is 7.82 Å². The van der Waals surface area contributed by atoms with E-state index in [4.69, 9.17) is 14.0 Å². The van der Waals surface area contributed by atoms with Gasteiger partial charge in [-0.2, -0.15) is 0 Å². The average molecular weight is 837 g/mol. The number of hydrogen-bond donors (Lipinski definition) is 3. The Kier molecular flexibility index (Phi) is 21.3. The SMILES string of the molecule is CCCCCCCCCCCCCCCCCCOC(C(=O)O)C(COP(=O)(O)O)OC1CC[C@@]2(C)C(=CCC3C2CC[C@@]2(C)C3CC[C@@H]2[C@H](C)CCCC(C)C)C1. The summed E-state index contributed by atoms with van der Waals surface area (Å²) in [4.78, 5) is 31.6. The van der Waals surface area contributed by atoms with Crippen LogP contribution in [0, 0.1) is 46.3 Å². The van der Waals surface area contributed by atoms with Crippen LogP contribution in [0.3, 0.4) is 0 Å². The molecule has 0 aliphatic heterocycles. The monoisotopic (exact) mass is 837 g/mol. The smallest absolute Gasteiger partial charge is 0.469 e. The molecule has 58 heavy (non-hydrogen) atoms. The molecular weight excluding hydrogens is 748 g/mol. The molecule has 10 atom stereocenters. The van der Waals surface area contributed by atoms with Gasteiger partial charge in [0.15, 0.2) is 6.10 Å². The third-order valence-corrected chi connectivity index (χ3v) is 16.4. The number of unbranched alkanes of at least 4 members (excludes halogenated alkanes) is 15. The molecule has 9 heteroatoms. The van der Waals surface area contributed by atoms with Gasteiger partial charge in [-0.3, -0.25) is 4.52 Å². The fourth-order valence-corrected chi connectivity index (χ4v) is 12.9. The minimum atomic E-state index is -4.83. The van der Waals surface area contributed by atoms with E-state index in [-0.39, 0.29) is 18.1 Å². The van der Waals surface area contributed by atoms with Gasteiger partial charge in [0.1, 0.15) is 6.10 Å². The van der Waals surface area contributed by atoms with Crippen molar-refractivity contribution in [1.82, 2.24) is 0 Å². The summed E-state index contributed by atoms with van der Waals surface area (Å²) in [7, 11) is -4.83. The van der Waals surface area contributed by atoms with Crippen molar-refractivity contribution in [2.45, 2.75) is 233 Å². The minimum absolute atomic E-state index is 0.110. The zero-order chi connectivity index (χ0) is 42.2. The van der Waals surface area contributed by atoms with Crippen LogP contribution < -0.4 is 0 Å². The predicted octanol–water partition coefficient (Wildman–Crippen LogP) is 13.6. The van der Waals surface area contributed by atoms with Crippen LogP contribution in [0.4, 0.5) is 0 Å². The lowest BCUT2D eigenvalue weighted by Gasteiger charge is -2.58. The van der Waals surface area contributed by atoms with Gasteiger partial charge in [-0.25, -0.2) is 9.36 Å². The molecular formula is C49H89O8P. The number of carboxylic acid groups (broad SMARTS) is 1. The first-order chi connectivity index (χ1) is 27.7. The van der Waals surface area contributed by atoms with Crippen molar-refractivity contribution in [3.63, 3.8) is 0 Å². The van der Waals surface area contributed by atoms with E-state index in [2.05, 4.69) is 47.6 Å². The lowest BCUT2D eigenvalue weighted by atomic mass is 9.47. The van der Waals surface area contributed by atoms with Gasteiger partial charge in [-0.05, 0) is 104 Å². The molecule has 0 aromatic rings. The molecule has 0 aromatic heterocycles. The van der Waals surface area contributed by atoms with Gasteiger partial charge in [0.25, 0.3) is 0 Å². The summed E-state index contributed by atoms with van der Waals surface area (Å²) in [6.45, 7) is 14.3. The first-order valence-electron chi connectivity index (χ1n) is 24.6. The number of rotatable bonds is 30. The van der Waals surface area contributed by atoms with Crippen molar-refractivity contribution in [2.24, 2.45) is 46.3 Å². The Morgan fingerprint density at radius 1 is 0.793 bits per heavy atom. The normalized spacial score (nSPS) is 30.0. The standard InChI is InChI=1S/C49H89O8P/c1-7-8-9-10-11-12-13-14-15-16-17-18-19-20-21-22-34-55-46(47(50)51)45(36-56-58(52,53)54)57-40-30-32-48(5)39(35-40)26-27-41-43-29-28-42(38(4)25-23-24-37(2)3)49(43,6)33-31-44(41)48/h26,37-38,40-46H,7-25,27-36H2,1-6H3,(H,50,51)(H2,52,53,54)/t38-,40?,41?,42-,43?,44?,45?,46?,48+,49-/m1/s1. The molecule has 3 N–H and O–H groups in total. The number of carboxylic acids is 1. The van der Waals surface area contributed by atoms with Crippen LogP contribution in [0.15, 0.2) is 11.6 Å². The van der Waals surface area contributed by atoms with Crippen molar-refractivity contribution in [3.8, 4) is 0 Å². The quantitative estimate of drug-likeness (QED) is 0.0371. The van der Waals surface area contributed by atoms with Crippen molar-refractivity contribution in [2.75, 3.05) is 13.2 Å². The summed E-state index contributed by atoms with van der Waals surface area (Å²) >= 11 is 0. The molecule has 0 amide bonds. The maximum absolute atomic E-state index is 12.5. The van der Waals surface area contributed by atoms with E-state index in [1.54, 1.807) is 0 Å². The number of carbonyl (C=O) groups is 1. The lowest BCUT2D eigenvalue weighted by molar-refractivity contribution is -0.172. The van der Waals surface area contributed by atoms with Crippen LogP contribution in [-0.4, -0.2) is 52.4 Å². The maximum atomic E-state index is 12.5. The summed E-state index contributed by atoms with van der Waals surface area (Å²) in [6, 6.07) is 0. The number of ether oxygens (including phenoxy) is 2. The van der Waals surface area contributed by atoms with Crippen LogP contribution in [-0.2, 0) is 23.4 Å². The Balaban J connectivity index is 1.23. The zero-order valence-electron chi connectivity index (χ0n) is 38.1. The molecule has 0 saturated heterocycles. The van der Waals surface area contributed by atoms with E-state index < -0.39 is 32.6 Å². The number of hydrogen-bond acceptors (Lipinski definition) is 5. The Hall–Kier alpha value is -0.760. The van der Waals surface area contributed by atoms with E-state index in [9.17, 15) is 24.3 Å². The first kappa shape index (κ1) is 49.9. The molecule has 6 unspecified atom stereocenters. The highest BCUT2D eigenvalue weighted by Gasteiger charge is 2.59. The molecule has 4 aliphatic carbocycles. The molecule has 3 saturated carbocycles. The lowest BCUT2D eigenvalue weighted by Crippen LogP contribution is -2.51. The third-order valence-electron chi connectivity index (χ3n) is 15.9. The first-order valence-corrected chi connectivity index (χ1v) is 26.1. The molecule has 4 rings (SSSR count). The molecule has 0 spiro atoms. The summed E-state index contributed by atoms with van der Waals surface area (Å²) in [6.07, 6.45) is 32.9. The van der Waals surface area contributed by atoms with Crippen molar-refractivity contribution < 1.29 is 38.3 Å². The minimum Gasteiger partial charge on any atom is -0.479 e. The fraction of sp³-hybridized carbons (Fsp3) is 0.939. The van der Waals surface area contributed by atoms with Gasteiger partial charge in [-0.1, -0.05) is 169 Å². The Morgan fingerprint density at radius 3 is 1.97 bits per heavy atom. The average Bonchev–Trinajstić information content (AvgIpc) is 3.53. The Morgan fingerprint density at radius 2 is 1.40 bits per heavy atom. The van der Waals surface area contributed by atoms with E-state index in [0.29, 0.717) is 11.3 Å². The highest BCUT2D eigenvalue weighted by molar-refractivity contribution is 7.46. The van der Waals surface area contributed by atoms with Gasteiger partial charge < -0.3 is 24.4 Å². The van der Waals surface area contributed by atoms with Gasteiger partial charge in [0.2, 0.25) is 0 Å². The number of allylic oxidation sites excluding steroid dienone is 1. The van der Waals surface area contributed by atoms with Crippen LogP contribution in [0.1, 0.15) is 215 Å². The number of aliphatic carboxylic acids is 1. The summed E-state index contributed by atoms with van der Waals surface area (Å²) < 4.78 is 29.1. The van der Waals surface area contributed by atoms with Crippen LogP contribution in [0.2, 0.25) is 0 Å². The van der Waals surface area contributed by atoms with Gasteiger partial charge in [0, 0.05) is 6.61 Å². The van der Waals surface area contributed by atoms with Gasteiger partial charge in [-0.15, -0.1) is 0 Å². The molecule has 0 radical (unpaired) electrons. The maximum Gasteiger partial charge on any atom is 0.469 e. The van der Waals surface area contributed by atoms with E-state index in [1.807, 2.05) is 0 Å². The van der Waals surface area contributed by atoms with E-state index >= 15 is 0 Å². The van der Waals surface area contributed by atoms with Crippen LogP contribution in [0.25, 0.3) is 0 Å². The highest BCUT2D eigenvalue weighted by Crippen LogP contribution is 2.67. The van der Waals surface area contributed by atoms with Gasteiger partial charge in [0.05, 0.1) is 12.7 Å². The van der Waals surface area contributed by atoms with Gasteiger partial charge >= 0.3 is 13.8 Å². The second kappa shape index (κ2) is 24.8. The Labute approximate surface area is 355 Å². The van der Waals surface area contributed by atoms with E-state index in [0.717, 1.165) is 74.5 Å². The molecule has 338 valence electrons. The Bertz CT molecular complexity index is 1260. The van der Waals surface area contributed by atoms with E-state index in [1.165, 1.54) is 134 Å². The van der Waals surface area contributed by atoms with Crippen molar-refractivity contribution in [3.05, 3.63) is 11.6 Å². The van der Waals surface area contributed by atoms with Crippen molar-refractivity contribution >= 4 is 13.8 Å². The second-order valence-corrected chi connectivity index (χ2v) is 21.8. The summed E-state index contributed by atoms with van der Waals surface area (Å²) in [5.41, 5.74) is 1.98. The predicted molar refractivity (Wildman–Crippen MR) is 237 cm³/mol. The topological polar surface area (TPSA) is 123 Å². The number of phosphoric ester groups is 1. The molecule has 0 aromatic carbocycles. The molecule has 4 aliphatic rings. The van der Waals surface area contributed by atoms with Crippen LogP contribution in [0.5, 0.6) is 0 Å². The second-order valence-electron chi connectivity index (χ2n) is 20.5.